The first-order chi connectivity index (χ1) is 21.8. The number of carbonyl (C=O) groups is 2. The van der Waals surface area contributed by atoms with Crippen LogP contribution in [0.2, 0.25) is 0 Å². The van der Waals surface area contributed by atoms with E-state index in [1.165, 1.54) is 0 Å². The molecule has 2 heterocycles. The lowest BCUT2D eigenvalue weighted by Crippen LogP contribution is -2.44. The van der Waals surface area contributed by atoms with E-state index < -0.39 is 18.3 Å². The average Bonchev–Trinajstić information content (AvgIpc) is 3.48. The highest BCUT2D eigenvalue weighted by Gasteiger charge is 2.39. The van der Waals surface area contributed by atoms with Crippen molar-refractivity contribution in [3.8, 4) is 11.1 Å². The fourth-order valence-corrected chi connectivity index (χ4v) is 5.94. The quantitative estimate of drug-likeness (QED) is 0.237. The molecule has 0 bridgehead atoms. The number of urea groups is 1. The predicted molar refractivity (Wildman–Crippen MR) is 169 cm³/mol. The molecule has 240 valence electrons. The summed E-state index contributed by atoms with van der Waals surface area (Å²) >= 11 is 0. The molecule has 0 unspecified atom stereocenters. The van der Waals surface area contributed by atoms with E-state index in [0.29, 0.717) is 13.1 Å². The lowest BCUT2D eigenvalue weighted by molar-refractivity contribution is -0.276. The standard InChI is InChI=1S/C35H43N3O7/c1-3-43-32(41)19-37-35(42)36-18-28-6-4-5-7-30(28)25-12-14-27(15-13-25)34-44-31(21-38-17-16-29(40)20-38)23(2)33(45-34)26-10-8-24(22-39)9-11-26/h4-15,23,29,31,33-34,39-40H,3,16-22H2,1-2H3,(H2,36,37,42)/t23-,29-,31+,33+,34+/m0/s1. The zero-order valence-electron chi connectivity index (χ0n) is 25.9. The van der Waals surface area contributed by atoms with Gasteiger partial charge in [-0.05, 0) is 41.2 Å². The highest BCUT2D eigenvalue weighted by atomic mass is 16.7. The summed E-state index contributed by atoms with van der Waals surface area (Å²) in [6.45, 7) is 6.38. The van der Waals surface area contributed by atoms with Crippen LogP contribution in [0.3, 0.4) is 0 Å². The predicted octanol–water partition coefficient (Wildman–Crippen LogP) is 4.07. The number of β-amino-alcohol motifs (C(OH)–C–C–N with tert-alkyl or cyclic N) is 1. The van der Waals surface area contributed by atoms with Crippen LogP contribution in [0.1, 0.15) is 54.9 Å². The third kappa shape index (κ3) is 8.47. The number of hydrogen-bond acceptors (Lipinski definition) is 8. The number of amides is 2. The zero-order chi connectivity index (χ0) is 31.8. The van der Waals surface area contributed by atoms with Crippen molar-refractivity contribution < 1.29 is 34.0 Å². The summed E-state index contributed by atoms with van der Waals surface area (Å²) in [4.78, 5) is 26.0. The first-order valence-electron chi connectivity index (χ1n) is 15.6. The smallest absolute Gasteiger partial charge is 0.325 e. The van der Waals surface area contributed by atoms with Gasteiger partial charge in [0.15, 0.2) is 6.29 Å². The number of hydrogen-bond donors (Lipinski definition) is 4. The monoisotopic (exact) mass is 617 g/mol. The Labute approximate surface area is 264 Å². The van der Waals surface area contributed by atoms with E-state index in [1.54, 1.807) is 6.92 Å². The Morgan fingerprint density at radius 1 is 0.978 bits per heavy atom. The lowest BCUT2D eigenvalue weighted by Gasteiger charge is -2.42. The molecule has 0 radical (unpaired) electrons. The van der Waals surface area contributed by atoms with Gasteiger partial charge >= 0.3 is 12.0 Å². The molecule has 10 heteroatoms. The molecule has 3 aromatic carbocycles. The van der Waals surface area contributed by atoms with Crippen LogP contribution in [-0.2, 0) is 32.2 Å². The average molecular weight is 618 g/mol. The van der Waals surface area contributed by atoms with E-state index in [0.717, 1.165) is 46.3 Å². The van der Waals surface area contributed by atoms with Crippen LogP contribution < -0.4 is 10.6 Å². The van der Waals surface area contributed by atoms with Crippen molar-refractivity contribution in [2.45, 2.75) is 58.0 Å². The summed E-state index contributed by atoms with van der Waals surface area (Å²) in [6, 6.07) is 23.3. The molecule has 5 atom stereocenters. The number of nitrogens with one attached hydrogen (secondary N) is 2. The minimum atomic E-state index is -0.588. The van der Waals surface area contributed by atoms with E-state index in [4.69, 9.17) is 14.2 Å². The van der Waals surface area contributed by atoms with Crippen molar-refractivity contribution in [2.24, 2.45) is 5.92 Å². The Morgan fingerprint density at radius 3 is 2.40 bits per heavy atom. The lowest BCUT2D eigenvalue weighted by atomic mass is 9.90. The second kappa shape index (κ2) is 15.5. The first-order valence-corrected chi connectivity index (χ1v) is 15.6. The van der Waals surface area contributed by atoms with E-state index in [-0.39, 0.29) is 50.5 Å². The maximum atomic E-state index is 12.2. The zero-order valence-corrected chi connectivity index (χ0v) is 25.9. The van der Waals surface area contributed by atoms with Crippen LogP contribution in [0.4, 0.5) is 4.79 Å². The van der Waals surface area contributed by atoms with Gasteiger partial charge in [0.1, 0.15) is 6.54 Å². The fourth-order valence-electron chi connectivity index (χ4n) is 5.94. The van der Waals surface area contributed by atoms with Gasteiger partial charge in [0, 0.05) is 37.7 Å². The third-order valence-electron chi connectivity index (χ3n) is 8.46. The van der Waals surface area contributed by atoms with E-state index in [2.05, 4.69) is 22.5 Å². The second-order valence-corrected chi connectivity index (χ2v) is 11.6. The van der Waals surface area contributed by atoms with Crippen molar-refractivity contribution >= 4 is 12.0 Å². The molecule has 10 nitrogen and oxygen atoms in total. The summed E-state index contributed by atoms with van der Waals surface area (Å²) in [6.07, 6.45) is -0.449. The molecular weight excluding hydrogens is 574 g/mol. The second-order valence-electron chi connectivity index (χ2n) is 11.6. The van der Waals surface area contributed by atoms with Gasteiger partial charge < -0.3 is 35.1 Å². The molecule has 3 aromatic rings. The summed E-state index contributed by atoms with van der Waals surface area (Å²) in [5, 5.41) is 24.9. The molecule has 45 heavy (non-hydrogen) atoms. The highest BCUT2D eigenvalue weighted by molar-refractivity contribution is 5.81. The summed E-state index contributed by atoms with van der Waals surface area (Å²) in [7, 11) is 0. The van der Waals surface area contributed by atoms with Gasteiger partial charge in [-0.15, -0.1) is 0 Å². The van der Waals surface area contributed by atoms with Crippen molar-refractivity contribution in [1.29, 1.82) is 0 Å². The number of benzene rings is 3. The van der Waals surface area contributed by atoms with Crippen LogP contribution in [-0.4, -0.2) is 72.1 Å². The number of aliphatic hydroxyl groups excluding tert-OH is 2. The molecule has 2 amide bonds. The number of carbonyl (C=O) groups excluding carboxylic acids is 2. The Hall–Kier alpha value is -3.80. The van der Waals surface area contributed by atoms with Crippen LogP contribution in [0.5, 0.6) is 0 Å². The topological polar surface area (TPSA) is 130 Å². The highest BCUT2D eigenvalue weighted by Crippen LogP contribution is 2.42. The molecular formula is C35H43N3O7. The van der Waals surface area contributed by atoms with Crippen LogP contribution in [0.25, 0.3) is 11.1 Å². The molecule has 0 aliphatic carbocycles. The number of ether oxygens (including phenoxy) is 3. The molecule has 2 aliphatic rings. The Bertz CT molecular complexity index is 1420. The Kier molecular flexibility index (Phi) is 11.2. The number of esters is 1. The van der Waals surface area contributed by atoms with Gasteiger partial charge in [-0.2, -0.15) is 0 Å². The van der Waals surface area contributed by atoms with Gasteiger partial charge in [-0.3, -0.25) is 9.69 Å². The van der Waals surface area contributed by atoms with E-state index >= 15 is 0 Å². The molecule has 0 spiro atoms. The van der Waals surface area contributed by atoms with Crippen molar-refractivity contribution in [3.63, 3.8) is 0 Å². The number of aliphatic hydroxyl groups is 2. The number of rotatable bonds is 11. The largest absolute Gasteiger partial charge is 0.465 e. The summed E-state index contributed by atoms with van der Waals surface area (Å²) in [5.41, 5.74) is 5.65. The minimum absolute atomic E-state index is 0.0127. The minimum Gasteiger partial charge on any atom is -0.465 e. The van der Waals surface area contributed by atoms with Gasteiger partial charge in [0.05, 0.1) is 31.5 Å². The fraction of sp³-hybridized carbons (Fsp3) is 0.429. The maximum absolute atomic E-state index is 12.2. The van der Waals surface area contributed by atoms with Crippen LogP contribution in [0.15, 0.2) is 72.8 Å². The van der Waals surface area contributed by atoms with Crippen LogP contribution >= 0.6 is 0 Å². The number of likely N-dealkylation sites (tertiary alicyclic amines) is 1. The van der Waals surface area contributed by atoms with Crippen molar-refractivity contribution in [3.05, 3.63) is 95.1 Å². The number of nitrogens with zero attached hydrogens (tertiary/aromatic N) is 1. The maximum Gasteiger partial charge on any atom is 0.325 e. The van der Waals surface area contributed by atoms with Crippen LogP contribution in [0, 0.1) is 5.92 Å². The molecule has 2 saturated heterocycles. The summed E-state index contributed by atoms with van der Waals surface area (Å²) < 4.78 is 18.1. The molecule has 4 N–H and O–H groups in total. The van der Waals surface area contributed by atoms with Crippen molar-refractivity contribution in [2.75, 3.05) is 32.8 Å². The first kappa shape index (κ1) is 32.6. The summed E-state index contributed by atoms with van der Waals surface area (Å²) in [5.74, 6) is -0.423. The van der Waals surface area contributed by atoms with Gasteiger partial charge in [0.25, 0.3) is 0 Å². The third-order valence-corrected chi connectivity index (χ3v) is 8.46. The molecule has 0 saturated carbocycles. The van der Waals surface area contributed by atoms with Gasteiger partial charge in [-0.1, -0.05) is 79.7 Å². The molecule has 0 aromatic heterocycles. The normalized spacial score (nSPS) is 23.4. The van der Waals surface area contributed by atoms with Crippen molar-refractivity contribution in [1.82, 2.24) is 15.5 Å². The van der Waals surface area contributed by atoms with E-state index in [9.17, 15) is 19.8 Å². The molecule has 2 fully saturated rings. The SMILES string of the molecule is CCOC(=O)CNC(=O)NCc1ccccc1-c1ccc([C@@H]2O[C@H](CN3CC[C@H](O)C3)[C@H](C)[C@H](c3ccc(CO)cc3)O2)cc1. The van der Waals surface area contributed by atoms with Gasteiger partial charge in [0.2, 0.25) is 0 Å². The molecule has 2 aliphatic heterocycles. The Balaban J connectivity index is 1.30. The van der Waals surface area contributed by atoms with Gasteiger partial charge in [-0.25, -0.2) is 4.79 Å². The van der Waals surface area contributed by atoms with E-state index in [1.807, 2.05) is 72.8 Å². The molecule has 5 rings (SSSR count). The Morgan fingerprint density at radius 2 is 1.71 bits per heavy atom.